The van der Waals surface area contributed by atoms with Crippen molar-refractivity contribution in [3.8, 4) is 11.5 Å². The van der Waals surface area contributed by atoms with E-state index < -0.39 is 11.7 Å². The molecule has 20 heavy (non-hydrogen) atoms. The van der Waals surface area contributed by atoms with Crippen molar-refractivity contribution in [2.75, 3.05) is 6.54 Å². The lowest BCUT2D eigenvalue weighted by atomic mass is 10.1. The molecule has 0 fully saturated rings. The maximum atomic E-state index is 12.6. The Balaban J connectivity index is 2.16. The van der Waals surface area contributed by atoms with E-state index in [-0.39, 0.29) is 5.89 Å². The van der Waals surface area contributed by atoms with Gasteiger partial charge >= 0.3 is 6.18 Å². The van der Waals surface area contributed by atoms with E-state index in [0.717, 1.165) is 25.1 Å². The Labute approximate surface area is 114 Å². The molecular formula is C14H15F3N2O. The first kappa shape index (κ1) is 14.6. The number of rotatable bonds is 5. The number of hydrogen-bond acceptors (Lipinski definition) is 3. The summed E-state index contributed by atoms with van der Waals surface area (Å²) < 4.78 is 43.1. The zero-order chi connectivity index (χ0) is 14.6. The minimum atomic E-state index is -4.37. The van der Waals surface area contributed by atoms with Crippen molar-refractivity contribution in [1.29, 1.82) is 0 Å². The van der Waals surface area contributed by atoms with Crippen LogP contribution in [0.15, 0.2) is 34.9 Å². The molecule has 0 amide bonds. The number of nitrogens with one attached hydrogen (secondary N) is 1. The van der Waals surface area contributed by atoms with Gasteiger partial charge in [-0.15, -0.1) is 0 Å². The third-order valence-corrected chi connectivity index (χ3v) is 2.72. The van der Waals surface area contributed by atoms with Crippen molar-refractivity contribution in [3.63, 3.8) is 0 Å². The van der Waals surface area contributed by atoms with Crippen LogP contribution in [0.1, 0.15) is 24.6 Å². The van der Waals surface area contributed by atoms with Gasteiger partial charge in [-0.2, -0.15) is 13.2 Å². The SMILES string of the molecule is CCCNCc1coc(-c2cccc(C(F)(F)F)c2)n1. The molecule has 0 unspecified atom stereocenters. The van der Waals surface area contributed by atoms with E-state index in [0.29, 0.717) is 17.8 Å². The first-order valence-corrected chi connectivity index (χ1v) is 6.33. The Bertz CT molecular complexity index is 564. The number of nitrogens with zero attached hydrogens (tertiary/aromatic N) is 1. The van der Waals surface area contributed by atoms with Crippen molar-refractivity contribution >= 4 is 0 Å². The molecule has 1 aromatic heterocycles. The number of hydrogen-bond donors (Lipinski definition) is 1. The van der Waals surface area contributed by atoms with Crippen LogP contribution in [0.3, 0.4) is 0 Å². The average Bonchev–Trinajstić information content (AvgIpc) is 2.87. The topological polar surface area (TPSA) is 38.1 Å². The molecule has 0 bridgehead atoms. The molecule has 0 aliphatic rings. The summed E-state index contributed by atoms with van der Waals surface area (Å²) >= 11 is 0. The fraction of sp³-hybridized carbons (Fsp3) is 0.357. The van der Waals surface area contributed by atoms with Crippen LogP contribution in [0.4, 0.5) is 13.2 Å². The van der Waals surface area contributed by atoms with Gasteiger partial charge in [0, 0.05) is 12.1 Å². The van der Waals surface area contributed by atoms with Crippen LogP contribution in [-0.2, 0) is 12.7 Å². The summed E-state index contributed by atoms with van der Waals surface area (Å²) in [5, 5.41) is 3.15. The molecule has 6 heteroatoms. The average molecular weight is 284 g/mol. The maximum absolute atomic E-state index is 12.6. The quantitative estimate of drug-likeness (QED) is 0.847. The van der Waals surface area contributed by atoms with Crippen LogP contribution < -0.4 is 5.32 Å². The Kier molecular flexibility index (Phi) is 4.44. The van der Waals surface area contributed by atoms with E-state index >= 15 is 0 Å². The van der Waals surface area contributed by atoms with Crippen LogP contribution in [0, 0.1) is 0 Å². The molecule has 0 radical (unpaired) electrons. The Hall–Kier alpha value is -1.82. The molecule has 0 saturated carbocycles. The second-order valence-corrected chi connectivity index (χ2v) is 4.40. The van der Waals surface area contributed by atoms with Gasteiger partial charge in [-0.1, -0.05) is 13.0 Å². The molecule has 0 spiro atoms. The molecule has 108 valence electrons. The number of oxazole rings is 1. The maximum Gasteiger partial charge on any atom is 0.416 e. The van der Waals surface area contributed by atoms with Crippen molar-refractivity contribution in [2.45, 2.75) is 26.1 Å². The second kappa shape index (κ2) is 6.09. The molecule has 1 aromatic carbocycles. The summed E-state index contributed by atoms with van der Waals surface area (Å²) in [6.45, 7) is 3.44. The summed E-state index contributed by atoms with van der Waals surface area (Å²) in [4.78, 5) is 4.18. The molecule has 1 heterocycles. The Morgan fingerprint density at radius 3 is 2.80 bits per heavy atom. The lowest BCUT2D eigenvalue weighted by molar-refractivity contribution is -0.137. The van der Waals surface area contributed by atoms with Crippen LogP contribution >= 0.6 is 0 Å². The van der Waals surface area contributed by atoms with E-state index in [1.165, 1.54) is 12.3 Å². The first-order valence-electron chi connectivity index (χ1n) is 6.33. The minimum Gasteiger partial charge on any atom is -0.444 e. The zero-order valence-corrected chi connectivity index (χ0v) is 11.0. The van der Waals surface area contributed by atoms with Gasteiger partial charge in [0.05, 0.1) is 11.3 Å². The van der Waals surface area contributed by atoms with Gasteiger partial charge in [0.25, 0.3) is 0 Å². The molecule has 1 N–H and O–H groups in total. The van der Waals surface area contributed by atoms with Crippen molar-refractivity contribution < 1.29 is 17.6 Å². The fourth-order valence-corrected chi connectivity index (χ4v) is 1.74. The molecule has 2 rings (SSSR count). The number of alkyl halides is 3. The van der Waals surface area contributed by atoms with Crippen LogP contribution in [-0.4, -0.2) is 11.5 Å². The lowest BCUT2D eigenvalue weighted by Gasteiger charge is -2.06. The van der Waals surface area contributed by atoms with Gasteiger partial charge in [-0.05, 0) is 31.2 Å². The van der Waals surface area contributed by atoms with Crippen molar-refractivity contribution in [3.05, 3.63) is 41.8 Å². The highest BCUT2D eigenvalue weighted by Gasteiger charge is 2.30. The third kappa shape index (κ3) is 3.60. The van der Waals surface area contributed by atoms with E-state index in [4.69, 9.17) is 4.42 Å². The molecular weight excluding hydrogens is 269 g/mol. The van der Waals surface area contributed by atoms with Gasteiger partial charge < -0.3 is 9.73 Å². The highest BCUT2D eigenvalue weighted by Crippen LogP contribution is 2.31. The van der Waals surface area contributed by atoms with Gasteiger partial charge in [0.1, 0.15) is 6.26 Å². The molecule has 2 aromatic rings. The first-order chi connectivity index (χ1) is 9.50. The number of halogens is 3. The third-order valence-electron chi connectivity index (χ3n) is 2.72. The normalized spacial score (nSPS) is 11.8. The summed E-state index contributed by atoms with van der Waals surface area (Å²) in [5.41, 5.74) is 0.284. The van der Waals surface area contributed by atoms with Crippen LogP contribution in [0.2, 0.25) is 0 Å². The molecule has 0 aliphatic carbocycles. The molecule has 0 saturated heterocycles. The van der Waals surface area contributed by atoms with Crippen molar-refractivity contribution in [2.24, 2.45) is 0 Å². The van der Waals surface area contributed by atoms with Crippen molar-refractivity contribution in [1.82, 2.24) is 10.3 Å². The molecule has 3 nitrogen and oxygen atoms in total. The van der Waals surface area contributed by atoms with Gasteiger partial charge in [-0.3, -0.25) is 0 Å². The number of benzene rings is 1. The van der Waals surface area contributed by atoms with Gasteiger partial charge in [-0.25, -0.2) is 4.98 Å². The molecule has 0 atom stereocenters. The summed E-state index contributed by atoms with van der Waals surface area (Å²) in [5.74, 6) is 0.199. The van der Waals surface area contributed by atoms with E-state index in [1.54, 1.807) is 6.07 Å². The van der Waals surface area contributed by atoms with E-state index in [9.17, 15) is 13.2 Å². The van der Waals surface area contributed by atoms with Crippen LogP contribution in [0.5, 0.6) is 0 Å². The van der Waals surface area contributed by atoms with E-state index in [1.807, 2.05) is 6.92 Å². The van der Waals surface area contributed by atoms with Gasteiger partial charge in [0.15, 0.2) is 0 Å². The zero-order valence-electron chi connectivity index (χ0n) is 11.0. The predicted octanol–water partition coefficient (Wildman–Crippen LogP) is 3.86. The highest BCUT2D eigenvalue weighted by molar-refractivity contribution is 5.54. The smallest absolute Gasteiger partial charge is 0.416 e. The largest absolute Gasteiger partial charge is 0.444 e. The van der Waals surface area contributed by atoms with Gasteiger partial charge in [0.2, 0.25) is 5.89 Å². The standard InChI is InChI=1S/C14H15F3N2O/c1-2-6-18-8-12-9-20-13(19-12)10-4-3-5-11(7-10)14(15,16)17/h3-5,7,9,18H,2,6,8H2,1H3. The fourth-order valence-electron chi connectivity index (χ4n) is 1.74. The summed E-state index contributed by atoms with van der Waals surface area (Å²) in [6.07, 6.45) is -1.91. The minimum absolute atomic E-state index is 0.199. The monoisotopic (exact) mass is 284 g/mol. The predicted molar refractivity (Wildman–Crippen MR) is 68.9 cm³/mol. The summed E-state index contributed by atoms with van der Waals surface area (Å²) in [7, 11) is 0. The second-order valence-electron chi connectivity index (χ2n) is 4.40. The Morgan fingerprint density at radius 1 is 1.30 bits per heavy atom. The summed E-state index contributed by atoms with van der Waals surface area (Å²) in [6, 6.07) is 4.95. The highest BCUT2D eigenvalue weighted by atomic mass is 19.4. The van der Waals surface area contributed by atoms with Crippen LogP contribution in [0.25, 0.3) is 11.5 Å². The van der Waals surface area contributed by atoms with E-state index in [2.05, 4.69) is 10.3 Å². The lowest BCUT2D eigenvalue weighted by Crippen LogP contribution is -2.13. The molecule has 0 aliphatic heterocycles. The number of aromatic nitrogens is 1. The Morgan fingerprint density at radius 2 is 2.10 bits per heavy atom.